The first kappa shape index (κ1) is 21.3. The lowest BCUT2D eigenvalue weighted by Crippen LogP contribution is -2.15. The summed E-state index contributed by atoms with van der Waals surface area (Å²) in [7, 11) is 0. The number of carbonyl (C=O) groups excluding carboxylic acids is 1. The predicted octanol–water partition coefficient (Wildman–Crippen LogP) is 4.18. The molecule has 0 fully saturated rings. The molecular formula is C24H22FN3O4. The number of rotatable bonds is 7. The maximum Gasteiger partial charge on any atom is 0.419 e. The van der Waals surface area contributed by atoms with Gasteiger partial charge in [0.2, 0.25) is 0 Å². The van der Waals surface area contributed by atoms with E-state index in [4.69, 9.17) is 9.15 Å². The van der Waals surface area contributed by atoms with Gasteiger partial charge in [0.1, 0.15) is 5.82 Å². The minimum absolute atomic E-state index is 0.169. The van der Waals surface area contributed by atoms with Crippen molar-refractivity contribution in [1.82, 2.24) is 14.3 Å². The molecule has 0 unspecified atom stereocenters. The molecule has 0 aliphatic heterocycles. The number of hydrogen-bond donors (Lipinski definition) is 0. The van der Waals surface area contributed by atoms with Gasteiger partial charge in [0.15, 0.2) is 5.58 Å². The number of fused-ring (bicyclic) bond motifs is 1. The molecule has 0 N–H and O–H groups in total. The monoisotopic (exact) mass is 435 g/mol. The molecule has 0 radical (unpaired) electrons. The van der Waals surface area contributed by atoms with Gasteiger partial charge in [0.05, 0.1) is 23.5 Å². The zero-order valence-electron chi connectivity index (χ0n) is 17.7. The van der Waals surface area contributed by atoms with E-state index in [9.17, 15) is 14.0 Å². The second kappa shape index (κ2) is 9.05. The number of hydrogen-bond acceptors (Lipinski definition) is 5. The molecule has 0 saturated heterocycles. The Morgan fingerprint density at radius 2 is 1.91 bits per heavy atom. The lowest BCUT2D eigenvalue weighted by molar-refractivity contribution is -0.137. The molecule has 4 rings (SSSR count). The average Bonchev–Trinajstić information content (AvgIpc) is 3.25. The number of esters is 1. The fourth-order valence-electron chi connectivity index (χ4n) is 3.55. The van der Waals surface area contributed by atoms with Gasteiger partial charge < -0.3 is 9.15 Å². The third-order valence-corrected chi connectivity index (χ3v) is 5.15. The lowest BCUT2D eigenvalue weighted by Gasteiger charge is -2.04. The lowest BCUT2D eigenvalue weighted by atomic mass is 10.2. The number of oxazole rings is 1. The summed E-state index contributed by atoms with van der Waals surface area (Å²) in [6.07, 6.45) is 3.49. The smallest absolute Gasteiger partial charge is 0.419 e. The first-order chi connectivity index (χ1) is 15.4. The summed E-state index contributed by atoms with van der Waals surface area (Å²) in [4.78, 5) is 24.1. The topological polar surface area (TPSA) is 79.3 Å². The van der Waals surface area contributed by atoms with Crippen LogP contribution in [0.2, 0.25) is 0 Å². The van der Waals surface area contributed by atoms with Gasteiger partial charge in [-0.3, -0.25) is 4.57 Å². The third kappa shape index (κ3) is 4.39. The van der Waals surface area contributed by atoms with Gasteiger partial charge in [-0.1, -0.05) is 12.1 Å². The van der Waals surface area contributed by atoms with Crippen molar-refractivity contribution in [3.05, 3.63) is 87.9 Å². The van der Waals surface area contributed by atoms with Crippen LogP contribution in [-0.4, -0.2) is 26.9 Å². The van der Waals surface area contributed by atoms with E-state index >= 15 is 0 Å². The van der Waals surface area contributed by atoms with E-state index in [1.165, 1.54) is 22.8 Å². The standard InChI is InChI=1S/C24H22FN3O4/c1-16-20(17(2)28(26-16)19-10-8-18(25)9-11-19)12-13-23(29)31-15-5-14-27-21-6-3-4-7-22(21)32-24(27)30/h3-4,6-13H,5,14-15H2,1-2H3/b13-12+. The quantitative estimate of drug-likeness (QED) is 0.247. The van der Waals surface area contributed by atoms with Crippen molar-refractivity contribution in [3.8, 4) is 5.69 Å². The maximum atomic E-state index is 13.2. The Kier molecular flexibility index (Phi) is 6.02. The Morgan fingerprint density at radius 1 is 1.16 bits per heavy atom. The molecule has 0 saturated carbocycles. The molecule has 32 heavy (non-hydrogen) atoms. The molecule has 7 nitrogen and oxygen atoms in total. The van der Waals surface area contributed by atoms with E-state index in [1.807, 2.05) is 26.0 Å². The molecule has 0 amide bonds. The Morgan fingerprint density at radius 3 is 2.69 bits per heavy atom. The van der Waals surface area contributed by atoms with Crippen molar-refractivity contribution >= 4 is 23.1 Å². The molecule has 164 valence electrons. The Bertz CT molecular complexity index is 1350. The first-order valence-electron chi connectivity index (χ1n) is 10.2. The molecule has 0 bridgehead atoms. The van der Waals surface area contributed by atoms with Gasteiger partial charge in [0.25, 0.3) is 0 Å². The fourth-order valence-corrected chi connectivity index (χ4v) is 3.55. The van der Waals surface area contributed by atoms with Crippen molar-refractivity contribution in [2.45, 2.75) is 26.8 Å². The highest BCUT2D eigenvalue weighted by molar-refractivity contribution is 5.87. The van der Waals surface area contributed by atoms with Crippen LogP contribution in [0.15, 0.2) is 63.8 Å². The highest BCUT2D eigenvalue weighted by Crippen LogP contribution is 2.19. The van der Waals surface area contributed by atoms with E-state index < -0.39 is 11.7 Å². The Labute approximate surface area is 183 Å². The van der Waals surface area contributed by atoms with Crippen LogP contribution in [0.3, 0.4) is 0 Å². The molecule has 2 heterocycles. The molecule has 2 aromatic heterocycles. The Balaban J connectivity index is 1.35. The molecule has 4 aromatic rings. The van der Waals surface area contributed by atoms with E-state index in [2.05, 4.69) is 5.10 Å². The van der Waals surface area contributed by atoms with Crippen LogP contribution in [0.1, 0.15) is 23.4 Å². The minimum atomic E-state index is -0.484. The van der Waals surface area contributed by atoms with Gasteiger partial charge in [0, 0.05) is 23.9 Å². The number of aromatic nitrogens is 3. The van der Waals surface area contributed by atoms with E-state index in [0.717, 1.165) is 22.6 Å². The number of ether oxygens (including phenoxy) is 1. The van der Waals surface area contributed by atoms with Crippen LogP contribution in [0, 0.1) is 19.7 Å². The zero-order valence-corrected chi connectivity index (χ0v) is 17.7. The number of nitrogens with zero attached hydrogens (tertiary/aromatic N) is 3. The summed E-state index contributed by atoms with van der Waals surface area (Å²) < 4.78 is 26.9. The summed E-state index contributed by atoms with van der Waals surface area (Å²) in [6, 6.07) is 13.2. The summed E-state index contributed by atoms with van der Waals surface area (Å²) in [6.45, 7) is 4.27. The Hall–Kier alpha value is -3.94. The van der Waals surface area contributed by atoms with Gasteiger partial charge >= 0.3 is 11.7 Å². The first-order valence-corrected chi connectivity index (χ1v) is 10.2. The summed E-state index contributed by atoms with van der Waals surface area (Å²) in [5.41, 5.74) is 4.34. The van der Waals surface area contributed by atoms with Crippen molar-refractivity contribution in [2.24, 2.45) is 0 Å². The van der Waals surface area contributed by atoms with Crippen molar-refractivity contribution < 1.29 is 18.3 Å². The third-order valence-electron chi connectivity index (χ3n) is 5.15. The summed E-state index contributed by atoms with van der Waals surface area (Å²) in [5, 5.41) is 4.47. The van der Waals surface area contributed by atoms with E-state index in [0.29, 0.717) is 24.1 Å². The molecular weight excluding hydrogens is 413 g/mol. The maximum absolute atomic E-state index is 13.2. The molecule has 0 atom stereocenters. The number of halogens is 1. The van der Waals surface area contributed by atoms with Gasteiger partial charge in [-0.05, 0) is 62.7 Å². The van der Waals surface area contributed by atoms with Gasteiger partial charge in [-0.15, -0.1) is 0 Å². The highest BCUT2D eigenvalue weighted by atomic mass is 19.1. The second-order valence-corrected chi connectivity index (χ2v) is 7.31. The number of benzene rings is 2. The predicted molar refractivity (Wildman–Crippen MR) is 118 cm³/mol. The minimum Gasteiger partial charge on any atom is -0.462 e. The molecule has 0 spiro atoms. The van der Waals surface area contributed by atoms with Crippen molar-refractivity contribution in [2.75, 3.05) is 6.61 Å². The molecule has 0 aliphatic rings. The van der Waals surface area contributed by atoms with Gasteiger partial charge in [-0.25, -0.2) is 18.7 Å². The van der Waals surface area contributed by atoms with Crippen LogP contribution >= 0.6 is 0 Å². The number of aryl methyl sites for hydroxylation is 2. The van der Waals surface area contributed by atoms with E-state index in [-0.39, 0.29) is 12.4 Å². The largest absolute Gasteiger partial charge is 0.462 e. The van der Waals surface area contributed by atoms with Gasteiger partial charge in [-0.2, -0.15) is 5.10 Å². The highest BCUT2D eigenvalue weighted by Gasteiger charge is 2.12. The van der Waals surface area contributed by atoms with Crippen molar-refractivity contribution in [3.63, 3.8) is 0 Å². The number of para-hydroxylation sites is 2. The normalized spacial score (nSPS) is 11.5. The number of carbonyl (C=O) groups is 1. The van der Waals surface area contributed by atoms with Crippen LogP contribution in [0.4, 0.5) is 4.39 Å². The van der Waals surface area contributed by atoms with Crippen molar-refractivity contribution in [1.29, 1.82) is 0 Å². The van der Waals surface area contributed by atoms with Crippen LogP contribution < -0.4 is 5.76 Å². The molecule has 2 aromatic carbocycles. The fraction of sp³-hybridized carbons (Fsp3) is 0.208. The second-order valence-electron chi connectivity index (χ2n) is 7.31. The molecule has 0 aliphatic carbocycles. The average molecular weight is 435 g/mol. The summed E-state index contributed by atoms with van der Waals surface area (Å²) >= 11 is 0. The zero-order chi connectivity index (χ0) is 22.7. The van der Waals surface area contributed by atoms with Crippen LogP contribution in [0.5, 0.6) is 0 Å². The van der Waals surface area contributed by atoms with Crippen LogP contribution in [-0.2, 0) is 16.1 Å². The van der Waals surface area contributed by atoms with Crippen LogP contribution in [0.25, 0.3) is 22.9 Å². The molecule has 8 heteroatoms. The SMILES string of the molecule is Cc1nn(-c2ccc(F)cc2)c(C)c1/C=C/C(=O)OCCCn1c(=O)oc2ccccc21. The summed E-state index contributed by atoms with van der Waals surface area (Å²) in [5.74, 6) is -1.23. The van der Waals surface area contributed by atoms with E-state index in [1.54, 1.807) is 35.0 Å².